The fourth-order valence-electron chi connectivity index (χ4n) is 3.14. The summed E-state index contributed by atoms with van der Waals surface area (Å²) in [6.07, 6.45) is 5.11. The van der Waals surface area contributed by atoms with Crippen LogP contribution in [-0.2, 0) is 14.4 Å². The maximum Gasteiger partial charge on any atom is 0.407 e. The van der Waals surface area contributed by atoms with Crippen molar-refractivity contribution in [2.24, 2.45) is 11.8 Å². The van der Waals surface area contributed by atoms with Crippen LogP contribution in [0.15, 0.2) is 0 Å². The molecular formula is C16H29NO5. The summed E-state index contributed by atoms with van der Waals surface area (Å²) in [5, 5.41) is 11.6. The smallest absolute Gasteiger partial charge is 0.407 e. The molecule has 1 aliphatic rings. The van der Waals surface area contributed by atoms with Gasteiger partial charge in [0.15, 0.2) is 0 Å². The van der Waals surface area contributed by atoms with Crippen molar-refractivity contribution in [2.75, 3.05) is 0 Å². The van der Waals surface area contributed by atoms with Crippen molar-refractivity contribution < 1.29 is 24.5 Å². The van der Waals surface area contributed by atoms with Gasteiger partial charge < -0.3 is 14.9 Å². The molecule has 6 heteroatoms. The lowest BCUT2D eigenvalue weighted by molar-refractivity contribution is -0.242. The van der Waals surface area contributed by atoms with Gasteiger partial charge >= 0.3 is 12.1 Å². The zero-order valence-corrected chi connectivity index (χ0v) is 14.1. The molecule has 1 aliphatic carbocycles. The van der Waals surface area contributed by atoms with Crippen molar-refractivity contribution in [3.05, 3.63) is 0 Å². The van der Waals surface area contributed by atoms with Crippen LogP contribution in [0.1, 0.15) is 66.2 Å². The fraction of sp³-hybridized carbons (Fsp3) is 0.875. The molecule has 0 saturated heterocycles. The van der Waals surface area contributed by atoms with Crippen LogP contribution < -0.4 is 5.32 Å². The molecule has 0 spiro atoms. The standard InChI is InChI=1S/C16H29NO5/c1-5-12(17-15(19)21-16(2,3)4)13(14(18)22-20)11-9-7-6-8-10-11/h11-13,20H,5-10H2,1-4H3,(H,17,19)/t12-,13-/m0/s1. The van der Waals surface area contributed by atoms with Crippen LogP contribution in [0.3, 0.4) is 0 Å². The number of nitrogens with one attached hydrogen (secondary N) is 1. The van der Waals surface area contributed by atoms with E-state index in [1.807, 2.05) is 6.92 Å². The minimum Gasteiger partial charge on any atom is -0.444 e. The van der Waals surface area contributed by atoms with Crippen molar-refractivity contribution >= 4 is 12.1 Å². The summed E-state index contributed by atoms with van der Waals surface area (Å²) in [6, 6.07) is -0.405. The third kappa shape index (κ3) is 5.83. The highest BCUT2D eigenvalue weighted by Gasteiger charge is 2.38. The second kappa shape index (κ2) is 8.36. The van der Waals surface area contributed by atoms with Crippen molar-refractivity contribution in [1.82, 2.24) is 5.32 Å². The Hall–Kier alpha value is -1.30. The minimum atomic E-state index is -0.671. The summed E-state index contributed by atoms with van der Waals surface area (Å²) in [7, 11) is 0. The number of ether oxygens (including phenoxy) is 1. The normalized spacial score (nSPS) is 19.1. The highest BCUT2D eigenvalue weighted by atomic mass is 17.1. The van der Waals surface area contributed by atoms with Crippen molar-refractivity contribution in [3.8, 4) is 0 Å². The molecule has 128 valence electrons. The first-order chi connectivity index (χ1) is 10.3. The average molecular weight is 315 g/mol. The Kier molecular flexibility index (Phi) is 7.13. The van der Waals surface area contributed by atoms with E-state index in [1.165, 1.54) is 0 Å². The summed E-state index contributed by atoms with van der Waals surface area (Å²) in [4.78, 5) is 28.0. The molecule has 1 amide bonds. The van der Waals surface area contributed by atoms with Crippen LogP contribution in [-0.4, -0.2) is 29.0 Å². The van der Waals surface area contributed by atoms with Gasteiger partial charge in [-0.3, -0.25) is 0 Å². The van der Waals surface area contributed by atoms with Crippen molar-refractivity contribution in [1.29, 1.82) is 0 Å². The number of hydrogen-bond donors (Lipinski definition) is 2. The molecule has 0 aromatic rings. The van der Waals surface area contributed by atoms with E-state index in [4.69, 9.17) is 9.99 Å². The summed E-state index contributed by atoms with van der Waals surface area (Å²) in [5.74, 6) is -1.09. The van der Waals surface area contributed by atoms with Crippen LogP contribution in [0, 0.1) is 11.8 Å². The predicted molar refractivity (Wildman–Crippen MR) is 82.2 cm³/mol. The van der Waals surface area contributed by atoms with E-state index in [-0.39, 0.29) is 5.92 Å². The van der Waals surface area contributed by atoms with Gasteiger partial charge in [-0.05, 0) is 46.0 Å². The first-order valence-corrected chi connectivity index (χ1v) is 8.13. The first-order valence-electron chi connectivity index (χ1n) is 8.13. The van der Waals surface area contributed by atoms with E-state index < -0.39 is 29.6 Å². The first kappa shape index (κ1) is 18.7. The SMILES string of the molecule is CC[C@H](NC(=O)OC(C)(C)C)[C@@H](C(=O)OO)C1CCCCC1. The average Bonchev–Trinajstić information content (AvgIpc) is 2.45. The molecule has 0 heterocycles. The third-order valence-corrected chi connectivity index (χ3v) is 4.10. The lowest BCUT2D eigenvalue weighted by Crippen LogP contribution is -2.48. The Labute approximate surface area is 132 Å². The molecule has 2 N–H and O–H groups in total. The Balaban J connectivity index is 2.79. The van der Waals surface area contributed by atoms with Gasteiger partial charge in [0.2, 0.25) is 0 Å². The van der Waals surface area contributed by atoms with Crippen LogP contribution in [0.2, 0.25) is 0 Å². The Morgan fingerprint density at radius 1 is 1.23 bits per heavy atom. The van der Waals surface area contributed by atoms with E-state index >= 15 is 0 Å². The number of carbonyl (C=O) groups excluding carboxylic acids is 2. The van der Waals surface area contributed by atoms with Gasteiger partial charge in [0.25, 0.3) is 0 Å². The van der Waals surface area contributed by atoms with E-state index in [9.17, 15) is 9.59 Å². The third-order valence-electron chi connectivity index (χ3n) is 4.10. The Morgan fingerprint density at radius 2 is 1.82 bits per heavy atom. The van der Waals surface area contributed by atoms with Crippen LogP contribution >= 0.6 is 0 Å². The van der Waals surface area contributed by atoms with E-state index in [0.717, 1.165) is 32.1 Å². The summed E-state index contributed by atoms with van der Waals surface area (Å²) in [6.45, 7) is 7.25. The van der Waals surface area contributed by atoms with Gasteiger partial charge in [0.05, 0.1) is 5.92 Å². The van der Waals surface area contributed by atoms with Gasteiger partial charge in [0, 0.05) is 6.04 Å². The fourth-order valence-corrected chi connectivity index (χ4v) is 3.14. The largest absolute Gasteiger partial charge is 0.444 e. The summed E-state index contributed by atoms with van der Waals surface area (Å²) >= 11 is 0. The zero-order valence-electron chi connectivity index (χ0n) is 14.1. The quantitative estimate of drug-likeness (QED) is 0.599. The van der Waals surface area contributed by atoms with E-state index in [2.05, 4.69) is 10.2 Å². The molecule has 2 atom stereocenters. The molecule has 1 rings (SSSR count). The molecule has 6 nitrogen and oxygen atoms in total. The lowest BCUT2D eigenvalue weighted by atomic mass is 9.76. The molecule has 1 fully saturated rings. The predicted octanol–water partition coefficient (Wildman–Crippen LogP) is 3.50. The van der Waals surface area contributed by atoms with Crippen molar-refractivity contribution in [3.63, 3.8) is 0 Å². The number of hydrogen-bond acceptors (Lipinski definition) is 5. The summed E-state index contributed by atoms with van der Waals surface area (Å²) in [5.41, 5.74) is -0.597. The molecule has 0 aromatic heterocycles. The van der Waals surface area contributed by atoms with Crippen molar-refractivity contribution in [2.45, 2.75) is 77.9 Å². The highest BCUT2D eigenvalue weighted by Crippen LogP contribution is 2.33. The molecule has 0 bridgehead atoms. The van der Waals surface area contributed by atoms with Crippen LogP contribution in [0.4, 0.5) is 4.79 Å². The van der Waals surface area contributed by atoms with Crippen LogP contribution in [0.25, 0.3) is 0 Å². The van der Waals surface area contributed by atoms with Gasteiger partial charge in [-0.2, -0.15) is 5.26 Å². The van der Waals surface area contributed by atoms with Crippen LogP contribution in [0.5, 0.6) is 0 Å². The maximum absolute atomic E-state index is 12.0. The second-order valence-corrected chi connectivity index (χ2v) is 7.00. The lowest BCUT2D eigenvalue weighted by Gasteiger charge is -2.33. The second-order valence-electron chi connectivity index (χ2n) is 7.00. The van der Waals surface area contributed by atoms with Gasteiger partial charge in [-0.15, -0.1) is 0 Å². The highest BCUT2D eigenvalue weighted by molar-refractivity contribution is 5.75. The molecule has 0 unspecified atom stereocenters. The molecule has 0 aliphatic heterocycles. The van der Waals surface area contributed by atoms with E-state index in [0.29, 0.717) is 6.42 Å². The van der Waals surface area contributed by atoms with Gasteiger partial charge in [-0.25, -0.2) is 9.59 Å². The zero-order chi connectivity index (χ0) is 16.8. The number of rotatable bonds is 5. The van der Waals surface area contributed by atoms with Gasteiger partial charge in [0.1, 0.15) is 5.60 Å². The maximum atomic E-state index is 12.0. The molecule has 0 radical (unpaired) electrons. The monoisotopic (exact) mass is 315 g/mol. The topological polar surface area (TPSA) is 84.9 Å². The molecule has 0 aromatic carbocycles. The van der Waals surface area contributed by atoms with E-state index in [1.54, 1.807) is 20.8 Å². The molecule has 22 heavy (non-hydrogen) atoms. The number of amides is 1. The summed E-state index contributed by atoms with van der Waals surface area (Å²) < 4.78 is 5.26. The Bertz CT molecular complexity index is 371. The van der Waals surface area contributed by atoms with Gasteiger partial charge in [-0.1, -0.05) is 26.2 Å². The molecular weight excluding hydrogens is 286 g/mol. The number of alkyl carbamates (subject to hydrolysis) is 1. The Morgan fingerprint density at radius 3 is 2.27 bits per heavy atom. The number of carbonyl (C=O) groups is 2. The minimum absolute atomic E-state index is 0.119. The molecule has 1 saturated carbocycles.